The molecular weight excluding hydrogens is 344 g/mol. The predicted octanol–water partition coefficient (Wildman–Crippen LogP) is 1.08. The lowest BCUT2D eigenvalue weighted by Gasteiger charge is -2.19. The summed E-state index contributed by atoms with van der Waals surface area (Å²) in [6.07, 6.45) is 4.05. The van der Waals surface area contributed by atoms with Gasteiger partial charge in [-0.15, -0.1) is 0 Å². The van der Waals surface area contributed by atoms with E-state index < -0.39 is 0 Å². The van der Waals surface area contributed by atoms with Gasteiger partial charge in [0.1, 0.15) is 5.82 Å². The Morgan fingerprint density at radius 1 is 1.36 bits per heavy atom. The minimum absolute atomic E-state index is 0.0310. The molecule has 1 aliphatic rings. The zero-order chi connectivity index (χ0) is 17.4. The molecule has 0 radical (unpaired) electrons. The summed E-state index contributed by atoms with van der Waals surface area (Å²) in [5.41, 5.74) is 0.296. The molecule has 1 fully saturated rings. The topological polar surface area (TPSA) is 95.4 Å². The molecule has 1 saturated heterocycles. The van der Waals surface area contributed by atoms with Crippen LogP contribution in [0.5, 0.6) is 0 Å². The molecule has 0 bridgehead atoms. The Kier molecular flexibility index (Phi) is 3.89. The molecule has 3 aromatic rings. The maximum atomic E-state index is 12.6. The molecule has 2 N–H and O–H groups in total. The first-order valence-electron chi connectivity index (χ1n) is 7.85. The quantitative estimate of drug-likeness (QED) is 0.730. The maximum Gasteiger partial charge on any atom is 0.347 e. The van der Waals surface area contributed by atoms with Crippen molar-refractivity contribution in [2.45, 2.75) is 12.5 Å². The molecule has 0 saturated carbocycles. The van der Waals surface area contributed by atoms with Gasteiger partial charge in [-0.3, -0.25) is 4.79 Å². The van der Waals surface area contributed by atoms with E-state index in [1.165, 1.54) is 4.40 Å². The molecular formula is C16H15ClN6O2. The van der Waals surface area contributed by atoms with Crippen LogP contribution < -0.4 is 15.9 Å². The molecule has 9 heteroatoms. The number of amides is 1. The molecule has 1 atom stereocenters. The second-order valence-corrected chi connectivity index (χ2v) is 6.27. The van der Waals surface area contributed by atoms with Gasteiger partial charge in [-0.25, -0.2) is 19.3 Å². The molecule has 4 heterocycles. The smallest absolute Gasteiger partial charge is 0.347 e. The van der Waals surface area contributed by atoms with Crippen LogP contribution in [0.25, 0.3) is 5.65 Å². The zero-order valence-corrected chi connectivity index (χ0v) is 13.9. The van der Waals surface area contributed by atoms with Crippen molar-refractivity contribution in [3.8, 4) is 0 Å². The highest BCUT2D eigenvalue weighted by atomic mass is 35.5. The first-order chi connectivity index (χ1) is 12.1. The van der Waals surface area contributed by atoms with Crippen molar-refractivity contribution in [3.63, 3.8) is 0 Å². The average molecular weight is 359 g/mol. The Balaban J connectivity index is 1.50. The summed E-state index contributed by atoms with van der Waals surface area (Å²) >= 11 is 6.19. The number of rotatable bonds is 3. The summed E-state index contributed by atoms with van der Waals surface area (Å²) in [5.74, 6) is 0.463. The summed E-state index contributed by atoms with van der Waals surface area (Å²) in [4.78, 5) is 30.6. The second kappa shape index (κ2) is 6.21. The number of aromatic nitrogens is 4. The largest absolute Gasteiger partial charge is 0.353 e. The molecule has 0 spiro atoms. The molecule has 25 heavy (non-hydrogen) atoms. The highest BCUT2D eigenvalue weighted by molar-refractivity contribution is 6.32. The van der Waals surface area contributed by atoms with Crippen LogP contribution in [0.1, 0.15) is 16.8 Å². The minimum Gasteiger partial charge on any atom is -0.353 e. The SMILES string of the molecule is O=C(NC1CCN(c2ncccc2Cl)C1)c1cccn2c(=O)[nH]nc12. The zero-order valence-electron chi connectivity index (χ0n) is 13.1. The van der Waals surface area contributed by atoms with Gasteiger partial charge >= 0.3 is 5.69 Å². The number of hydrogen-bond donors (Lipinski definition) is 2. The van der Waals surface area contributed by atoms with Crippen molar-refractivity contribution in [2.24, 2.45) is 0 Å². The number of pyridine rings is 2. The molecule has 128 valence electrons. The summed E-state index contributed by atoms with van der Waals surface area (Å²) < 4.78 is 1.31. The van der Waals surface area contributed by atoms with Crippen LogP contribution in [-0.2, 0) is 0 Å². The molecule has 1 aliphatic heterocycles. The summed E-state index contributed by atoms with van der Waals surface area (Å²) in [6.45, 7) is 1.38. The van der Waals surface area contributed by atoms with Gasteiger partial charge in [0, 0.05) is 31.5 Å². The number of aromatic amines is 1. The summed E-state index contributed by atoms with van der Waals surface area (Å²) in [6, 6.07) is 6.84. The Bertz CT molecular complexity index is 997. The fourth-order valence-electron chi connectivity index (χ4n) is 3.05. The number of halogens is 1. The first kappa shape index (κ1) is 15.6. The Labute approximate surface area is 147 Å². The van der Waals surface area contributed by atoms with Crippen LogP contribution in [0.15, 0.2) is 41.5 Å². The molecule has 0 aromatic carbocycles. The Morgan fingerprint density at radius 2 is 2.24 bits per heavy atom. The normalized spacial score (nSPS) is 17.2. The summed E-state index contributed by atoms with van der Waals surface area (Å²) in [7, 11) is 0. The first-order valence-corrected chi connectivity index (χ1v) is 8.23. The second-order valence-electron chi connectivity index (χ2n) is 5.86. The highest BCUT2D eigenvalue weighted by Crippen LogP contribution is 2.25. The van der Waals surface area contributed by atoms with E-state index in [0.29, 0.717) is 22.8 Å². The van der Waals surface area contributed by atoms with Crippen molar-refractivity contribution < 1.29 is 4.79 Å². The van der Waals surface area contributed by atoms with Gasteiger partial charge in [-0.1, -0.05) is 11.6 Å². The minimum atomic E-state index is -0.374. The molecule has 8 nitrogen and oxygen atoms in total. The van der Waals surface area contributed by atoms with Crippen LogP contribution in [0.3, 0.4) is 0 Å². The monoisotopic (exact) mass is 358 g/mol. The van der Waals surface area contributed by atoms with Crippen molar-refractivity contribution in [1.29, 1.82) is 0 Å². The van der Waals surface area contributed by atoms with Gasteiger partial charge in [-0.05, 0) is 30.7 Å². The standard InChI is InChI=1S/C16H15ClN6O2/c17-12-4-1-6-18-14(12)22-8-5-10(9-22)19-15(24)11-3-2-7-23-13(11)20-21-16(23)25/h1-4,6-7,10H,5,8-9H2,(H,19,24)(H,21,25). The van der Waals surface area contributed by atoms with Crippen LogP contribution in [0.4, 0.5) is 5.82 Å². The number of nitrogens with one attached hydrogen (secondary N) is 2. The van der Waals surface area contributed by atoms with E-state index in [4.69, 9.17) is 11.6 Å². The molecule has 3 aromatic heterocycles. The lowest BCUT2D eigenvalue weighted by Crippen LogP contribution is -2.37. The highest BCUT2D eigenvalue weighted by Gasteiger charge is 2.27. The van der Waals surface area contributed by atoms with Crippen molar-refractivity contribution in [1.82, 2.24) is 24.9 Å². The predicted molar refractivity (Wildman–Crippen MR) is 93.1 cm³/mol. The van der Waals surface area contributed by atoms with E-state index in [2.05, 4.69) is 20.5 Å². The van der Waals surface area contributed by atoms with Crippen molar-refractivity contribution in [2.75, 3.05) is 18.0 Å². The van der Waals surface area contributed by atoms with Gasteiger partial charge < -0.3 is 10.2 Å². The maximum absolute atomic E-state index is 12.6. The van der Waals surface area contributed by atoms with Crippen molar-refractivity contribution in [3.05, 3.63) is 57.7 Å². The van der Waals surface area contributed by atoms with Crippen LogP contribution in [0, 0.1) is 0 Å². The number of anilines is 1. The number of carbonyl (C=O) groups is 1. The van der Waals surface area contributed by atoms with E-state index in [0.717, 1.165) is 18.8 Å². The van der Waals surface area contributed by atoms with Gasteiger partial charge in [0.05, 0.1) is 10.6 Å². The Morgan fingerprint density at radius 3 is 3.08 bits per heavy atom. The molecule has 4 rings (SSSR count). The van der Waals surface area contributed by atoms with E-state index in [1.807, 2.05) is 4.90 Å². The van der Waals surface area contributed by atoms with Crippen LogP contribution in [-0.4, -0.2) is 44.6 Å². The Hall–Kier alpha value is -2.87. The third kappa shape index (κ3) is 2.85. The third-order valence-corrected chi connectivity index (χ3v) is 4.55. The molecule has 0 aliphatic carbocycles. The number of H-pyrrole nitrogens is 1. The fourth-order valence-corrected chi connectivity index (χ4v) is 3.29. The van der Waals surface area contributed by atoms with Gasteiger partial charge in [0.25, 0.3) is 5.91 Å². The third-order valence-electron chi connectivity index (χ3n) is 4.25. The molecule has 1 amide bonds. The number of hydrogen-bond acceptors (Lipinski definition) is 5. The number of carbonyl (C=O) groups excluding carboxylic acids is 1. The van der Waals surface area contributed by atoms with Gasteiger partial charge in [0.2, 0.25) is 0 Å². The lowest BCUT2D eigenvalue weighted by molar-refractivity contribution is 0.0941. The van der Waals surface area contributed by atoms with Crippen molar-refractivity contribution >= 4 is 29.0 Å². The number of fused-ring (bicyclic) bond motifs is 1. The van der Waals surface area contributed by atoms with Crippen LogP contribution in [0.2, 0.25) is 5.02 Å². The van der Waals surface area contributed by atoms with E-state index in [-0.39, 0.29) is 17.6 Å². The van der Waals surface area contributed by atoms with Gasteiger partial charge in [-0.2, -0.15) is 5.10 Å². The lowest BCUT2D eigenvalue weighted by atomic mass is 10.2. The fraction of sp³-hybridized carbons (Fsp3) is 0.250. The number of nitrogens with zero attached hydrogens (tertiary/aromatic N) is 4. The van der Waals surface area contributed by atoms with E-state index >= 15 is 0 Å². The average Bonchev–Trinajstić information content (AvgIpc) is 3.22. The summed E-state index contributed by atoms with van der Waals surface area (Å²) in [5, 5.41) is 9.85. The molecule has 1 unspecified atom stereocenters. The van der Waals surface area contributed by atoms with E-state index in [1.54, 1.807) is 36.7 Å². The van der Waals surface area contributed by atoms with Crippen LogP contribution >= 0.6 is 11.6 Å². The van der Waals surface area contributed by atoms with E-state index in [9.17, 15) is 9.59 Å². The van der Waals surface area contributed by atoms with Gasteiger partial charge in [0.15, 0.2) is 5.65 Å².